The SMILES string of the molecule is COc1ccc(-n2ccnc2S[C@H](C)C(=O)NCc2cccs2)cc1. The van der Waals surface area contributed by atoms with Crippen LogP contribution in [0.1, 0.15) is 11.8 Å². The third kappa shape index (κ3) is 4.43. The van der Waals surface area contributed by atoms with Crippen LogP contribution in [0.15, 0.2) is 59.3 Å². The number of thiophene rings is 1. The third-order valence-electron chi connectivity index (χ3n) is 3.63. The lowest BCUT2D eigenvalue weighted by atomic mass is 10.3. The van der Waals surface area contributed by atoms with Gasteiger partial charge in [-0.05, 0) is 42.6 Å². The quantitative estimate of drug-likeness (QED) is 0.641. The highest BCUT2D eigenvalue weighted by Crippen LogP contribution is 2.25. The van der Waals surface area contributed by atoms with E-state index < -0.39 is 0 Å². The molecule has 3 rings (SSSR count). The summed E-state index contributed by atoms with van der Waals surface area (Å²) in [4.78, 5) is 17.8. The predicted octanol–water partition coefficient (Wildman–Crippen LogP) is 3.74. The molecule has 7 heteroatoms. The number of methoxy groups -OCH3 is 1. The number of thioether (sulfide) groups is 1. The Labute approximate surface area is 155 Å². The normalized spacial score (nSPS) is 11.9. The van der Waals surface area contributed by atoms with Crippen molar-refractivity contribution in [3.63, 3.8) is 0 Å². The molecule has 1 amide bonds. The molecule has 1 N–H and O–H groups in total. The zero-order chi connectivity index (χ0) is 17.6. The van der Waals surface area contributed by atoms with E-state index in [-0.39, 0.29) is 11.2 Å². The molecule has 0 saturated heterocycles. The number of nitrogens with one attached hydrogen (secondary N) is 1. The van der Waals surface area contributed by atoms with E-state index in [0.29, 0.717) is 6.54 Å². The summed E-state index contributed by atoms with van der Waals surface area (Å²) in [7, 11) is 1.64. The number of rotatable bonds is 7. The van der Waals surface area contributed by atoms with Gasteiger partial charge in [-0.3, -0.25) is 9.36 Å². The summed E-state index contributed by atoms with van der Waals surface area (Å²) < 4.78 is 7.15. The molecular formula is C18H19N3O2S2. The molecule has 0 saturated carbocycles. The Morgan fingerprint density at radius 1 is 1.36 bits per heavy atom. The molecule has 25 heavy (non-hydrogen) atoms. The van der Waals surface area contributed by atoms with Gasteiger partial charge in [-0.25, -0.2) is 4.98 Å². The molecule has 3 aromatic rings. The Morgan fingerprint density at radius 3 is 2.84 bits per heavy atom. The first-order valence-corrected chi connectivity index (χ1v) is 9.58. The number of aromatic nitrogens is 2. The van der Waals surface area contributed by atoms with Crippen LogP contribution in [0.2, 0.25) is 0 Å². The maximum Gasteiger partial charge on any atom is 0.233 e. The van der Waals surface area contributed by atoms with E-state index in [0.717, 1.165) is 21.5 Å². The van der Waals surface area contributed by atoms with Gasteiger partial charge in [0.1, 0.15) is 5.75 Å². The largest absolute Gasteiger partial charge is 0.497 e. The van der Waals surface area contributed by atoms with Crippen LogP contribution in [0.5, 0.6) is 5.75 Å². The summed E-state index contributed by atoms with van der Waals surface area (Å²) in [6, 6.07) is 11.7. The van der Waals surface area contributed by atoms with Gasteiger partial charge in [0, 0.05) is 23.0 Å². The average molecular weight is 374 g/mol. The van der Waals surface area contributed by atoms with Crippen molar-refractivity contribution in [2.75, 3.05) is 7.11 Å². The van der Waals surface area contributed by atoms with E-state index in [1.807, 2.05) is 59.5 Å². The lowest BCUT2D eigenvalue weighted by molar-refractivity contribution is -0.120. The van der Waals surface area contributed by atoms with Crippen LogP contribution in [-0.2, 0) is 11.3 Å². The second kappa shape index (κ2) is 8.22. The lowest BCUT2D eigenvalue weighted by Gasteiger charge is -2.13. The first-order chi connectivity index (χ1) is 12.2. The van der Waals surface area contributed by atoms with Crippen LogP contribution in [-0.4, -0.2) is 27.8 Å². The van der Waals surface area contributed by atoms with E-state index in [4.69, 9.17) is 4.74 Å². The van der Waals surface area contributed by atoms with Gasteiger partial charge >= 0.3 is 0 Å². The topological polar surface area (TPSA) is 56.2 Å². The number of benzene rings is 1. The molecule has 0 bridgehead atoms. The van der Waals surface area contributed by atoms with Gasteiger partial charge in [0.25, 0.3) is 0 Å². The van der Waals surface area contributed by atoms with Crippen molar-refractivity contribution in [2.24, 2.45) is 0 Å². The van der Waals surface area contributed by atoms with Gasteiger partial charge in [-0.2, -0.15) is 0 Å². The Kier molecular flexibility index (Phi) is 5.78. The van der Waals surface area contributed by atoms with E-state index in [1.165, 1.54) is 11.8 Å². The summed E-state index contributed by atoms with van der Waals surface area (Å²) in [5.41, 5.74) is 0.979. The van der Waals surface area contributed by atoms with E-state index in [9.17, 15) is 4.79 Å². The van der Waals surface area contributed by atoms with Gasteiger partial charge in [-0.1, -0.05) is 17.8 Å². The molecule has 0 aliphatic heterocycles. The Balaban J connectivity index is 1.64. The smallest absolute Gasteiger partial charge is 0.233 e. The number of carbonyl (C=O) groups excluding carboxylic acids is 1. The fourth-order valence-corrected chi connectivity index (χ4v) is 3.81. The molecule has 130 valence electrons. The van der Waals surface area contributed by atoms with Crippen LogP contribution in [0.25, 0.3) is 5.69 Å². The molecule has 2 heterocycles. The third-order valence-corrected chi connectivity index (χ3v) is 5.58. The zero-order valence-corrected chi connectivity index (χ0v) is 15.6. The van der Waals surface area contributed by atoms with E-state index in [2.05, 4.69) is 10.3 Å². The van der Waals surface area contributed by atoms with Gasteiger partial charge in [-0.15, -0.1) is 11.3 Å². The number of amides is 1. The van der Waals surface area contributed by atoms with Crippen molar-refractivity contribution in [3.05, 3.63) is 59.0 Å². The molecule has 0 fully saturated rings. The Morgan fingerprint density at radius 2 is 2.16 bits per heavy atom. The summed E-state index contributed by atoms with van der Waals surface area (Å²) >= 11 is 3.08. The number of hydrogen-bond acceptors (Lipinski definition) is 5. The number of ether oxygens (including phenoxy) is 1. The lowest BCUT2D eigenvalue weighted by Crippen LogP contribution is -2.30. The number of imidazole rings is 1. The van der Waals surface area contributed by atoms with Crippen molar-refractivity contribution in [1.29, 1.82) is 0 Å². The summed E-state index contributed by atoms with van der Waals surface area (Å²) in [6.45, 7) is 2.45. The molecular weight excluding hydrogens is 354 g/mol. The summed E-state index contributed by atoms with van der Waals surface area (Å²) in [5.74, 6) is 0.807. The molecule has 1 aromatic carbocycles. The monoisotopic (exact) mass is 373 g/mol. The highest BCUT2D eigenvalue weighted by molar-refractivity contribution is 8.00. The van der Waals surface area contributed by atoms with Gasteiger partial charge in [0.05, 0.1) is 18.9 Å². The second-order valence-electron chi connectivity index (χ2n) is 5.34. The first kappa shape index (κ1) is 17.6. The second-order valence-corrected chi connectivity index (χ2v) is 7.68. The van der Waals surface area contributed by atoms with Gasteiger partial charge in [0.15, 0.2) is 5.16 Å². The minimum atomic E-state index is -0.237. The molecule has 0 aliphatic rings. The number of carbonyl (C=O) groups is 1. The van der Waals surface area contributed by atoms with Crippen LogP contribution >= 0.6 is 23.1 Å². The molecule has 2 aromatic heterocycles. The molecule has 0 spiro atoms. The van der Waals surface area contributed by atoms with Crippen molar-refractivity contribution in [3.8, 4) is 11.4 Å². The van der Waals surface area contributed by atoms with Crippen molar-refractivity contribution in [2.45, 2.75) is 23.9 Å². The highest BCUT2D eigenvalue weighted by Gasteiger charge is 2.17. The standard InChI is InChI=1S/C18H19N3O2S2/c1-13(17(22)20-12-16-4-3-11-24-16)25-18-19-9-10-21(18)14-5-7-15(23-2)8-6-14/h3-11,13H,12H2,1-2H3,(H,20,22)/t13-/m1/s1. The fourth-order valence-electron chi connectivity index (χ4n) is 2.26. The molecule has 1 atom stereocenters. The van der Waals surface area contributed by atoms with Gasteiger partial charge in [0.2, 0.25) is 5.91 Å². The molecule has 0 aliphatic carbocycles. The van der Waals surface area contributed by atoms with Gasteiger partial charge < -0.3 is 10.1 Å². The van der Waals surface area contributed by atoms with E-state index >= 15 is 0 Å². The van der Waals surface area contributed by atoms with Crippen molar-refractivity contribution in [1.82, 2.24) is 14.9 Å². The predicted molar refractivity (Wildman–Crippen MR) is 102 cm³/mol. The van der Waals surface area contributed by atoms with Crippen LogP contribution in [0.3, 0.4) is 0 Å². The molecule has 0 radical (unpaired) electrons. The minimum absolute atomic E-state index is 0.00248. The highest BCUT2D eigenvalue weighted by atomic mass is 32.2. The maximum absolute atomic E-state index is 12.3. The van der Waals surface area contributed by atoms with Crippen molar-refractivity contribution < 1.29 is 9.53 Å². The van der Waals surface area contributed by atoms with Crippen LogP contribution < -0.4 is 10.1 Å². The summed E-state index contributed by atoms with van der Waals surface area (Å²) in [5, 5.41) is 5.52. The Hall–Kier alpha value is -2.25. The van der Waals surface area contributed by atoms with E-state index in [1.54, 1.807) is 24.6 Å². The number of nitrogens with zero attached hydrogens (tertiary/aromatic N) is 2. The maximum atomic E-state index is 12.3. The zero-order valence-electron chi connectivity index (χ0n) is 14.0. The Bertz CT molecular complexity index is 813. The van der Waals surface area contributed by atoms with Crippen molar-refractivity contribution >= 4 is 29.0 Å². The summed E-state index contributed by atoms with van der Waals surface area (Å²) in [6.07, 6.45) is 3.63. The average Bonchev–Trinajstić information content (AvgIpc) is 3.31. The number of hydrogen-bond donors (Lipinski definition) is 1. The minimum Gasteiger partial charge on any atom is -0.497 e. The molecule has 5 nitrogen and oxygen atoms in total. The first-order valence-electron chi connectivity index (χ1n) is 7.82. The van der Waals surface area contributed by atoms with Crippen LogP contribution in [0.4, 0.5) is 0 Å². The van der Waals surface area contributed by atoms with Crippen LogP contribution in [0, 0.1) is 0 Å². The fraction of sp³-hybridized carbons (Fsp3) is 0.222. The molecule has 0 unspecified atom stereocenters.